The number of nitrogens with zero attached hydrogens (tertiary/aromatic N) is 3. The van der Waals surface area contributed by atoms with Gasteiger partial charge in [0.25, 0.3) is 0 Å². The maximum atomic E-state index is 13.1. The molecule has 0 aromatic heterocycles. The summed E-state index contributed by atoms with van der Waals surface area (Å²) in [7, 11) is -3.98. The highest BCUT2D eigenvalue weighted by Gasteiger charge is 2.30. The Morgan fingerprint density at radius 2 is 1.71 bits per heavy atom. The van der Waals surface area contributed by atoms with Gasteiger partial charge in [0.2, 0.25) is 27.7 Å². The van der Waals surface area contributed by atoms with E-state index in [4.69, 9.17) is 0 Å². The van der Waals surface area contributed by atoms with Crippen LogP contribution < -0.4 is 9.62 Å². The molecule has 1 aromatic carbocycles. The predicted molar refractivity (Wildman–Crippen MR) is 116 cm³/mol. The van der Waals surface area contributed by atoms with Gasteiger partial charge in [-0.15, -0.1) is 0 Å². The molecule has 2 aliphatic rings. The van der Waals surface area contributed by atoms with Crippen LogP contribution in [0.5, 0.6) is 0 Å². The zero-order chi connectivity index (χ0) is 22.8. The standard InChI is InChI=1S/C21H30N4O5S/c1-15-18(25-12-5-9-20(25)27)7-4-8-19(15)31(29,30)22-16(2)21(28)24-11-6-10-23(13-14-24)17(3)26/h4,7-8,16,22H,5-6,9-14H2,1-3H3/t16-/m0/s1. The van der Waals surface area contributed by atoms with Crippen molar-refractivity contribution in [3.05, 3.63) is 23.8 Å². The molecule has 3 amide bonds. The van der Waals surface area contributed by atoms with Crippen LogP contribution in [0.4, 0.5) is 5.69 Å². The third kappa shape index (κ3) is 5.07. The van der Waals surface area contributed by atoms with Gasteiger partial charge in [-0.1, -0.05) is 6.07 Å². The van der Waals surface area contributed by atoms with Crippen molar-refractivity contribution < 1.29 is 22.8 Å². The van der Waals surface area contributed by atoms with E-state index >= 15 is 0 Å². The quantitative estimate of drug-likeness (QED) is 0.716. The number of benzene rings is 1. The van der Waals surface area contributed by atoms with Gasteiger partial charge in [0.05, 0.1) is 10.9 Å². The molecule has 2 aliphatic heterocycles. The average Bonchev–Trinajstić information content (AvgIpc) is 2.98. The van der Waals surface area contributed by atoms with E-state index in [0.29, 0.717) is 56.8 Å². The van der Waals surface area contributed by atoms with Crippen LogP contribution >= 0.6 is 0 Å². The summed E-state index contributed by atoms with van der Waals surface area (Å²) in [6, 6.07) is 3.88. The van der Waals surface area contributed by atoms with E-state index in [1.165, 1.54) is 19.9 Å². The van der Waals surface area contributed by atoms with E-state index in [1.807, 2.05) is 0 Å². The topological polar surface area (TPSA) is 107 Å². The first-order chi connectivity index (χ1) is 14.6. The van der Waals surface area contributed by atoms with Crippen LogP contribution in [0.25, 0.3) is 0 Å². The van der Waals surface area contributed by atoms with Crippen molar-refractivity contribution in [1.29, 1.82) is 0 Å². The lowest BCUT2D eigenvalue weighted by atomic mass is 10.2. The molecular formula is C21H30N4O5S. The summed E-state index contributed by atoms with van der Waals surface area (Å²) >= 11 is 0. The minimum atomic E-state index is -3.98. The molecule has 0 bridgehead atoms. The molecule has 0 aliphatic carbocycles. The first kappa shape index (κ1) is 23.2. The van der Waals surface area contributed by atoms with Crippen LogP contribution in [-0.2, 0) is 24.4 Å². The molecule has 9 nitrogen and oxygen atoms in total. The number of hydrogen-bond acceptors (Lipinski definition) is 5. The van der Waals surface area contributed by atoms with E-state index < -0.39 is 16.1 Å². The Bertz CT molecular complexity index is 978. The van der Waals surface area contributed by atoms with Crippen molar-refractivity contribution in [3.63, 3.8) is 0 Å². The summed E-state index contributed by atoms with van der Waals surface area (Å²) < 4.78 is 28.6. The Hall–Kier alpha value is -2.46. The monoisotopic (exact) mass is 450 g/mol. The normalized spacial score (nSPS) is 18.8. The summed E-state index contributed by atoms with van der Waals surface area (Å²) in [5.41, 5.74) is 1.07. The smallest absolute Gasteiger partial charge is 0.241 e. The Balaban J connectivity index is 1.74. The summed E-state index contributed by atoms with van der Waals surface area (Å²) in [6.45, 7) is 7.13. The van der Waals surface area contributed by atoms with Gasteiger partial charge in [0.15, 0.2) is 0 Å². The van der Waals surface area contributed by atoms with Crippen molar-refractivity contribution in [2.24, 2.45) is 0 Å². The van der Waals surface area contributed by atoms with Gasteiger partial charge in [-0.2, -0.15) is 4.72 Å². The van der Waals surface area contributed by atoms with Gasteiger partial charge < -0.3 is 14.7 Å². The fourth-order valence-corrected chi connectivity index (χ4v) is 5.62. The summed E-state index contributed by atoms with van der Waals surface area (Å²) in [5, 5.41) is 0. The van der Waals surface area contributed by atoms with Crippen molar-refractivity contribution >= 4 is 33.4 Å². The molecule has 3 rings (SSSR count). The van der Waals surface area contributed by atoms with Crippen LogP contribution in [-0.4, -0.2) is 74.7 Å². The van der Waals surface area contributed by atoms with E-state index in [9.17, 15) is 22.8 Å². The first-order valence-corrected chi connectivity index (χ1v) is 12.1. The van der Waals surface area contributed by atoms with E-state index in [0.717, 1.165) is 6.42 Å². The lowest BCUT2D eigenvalue weighted by Crippen LogP contribution is -2.48. The number of anilines is 1. The molecule has 2 saturated heterocycles. The number of carbonyl (C=O) groups is 3. The predicted octanol–water partition coefficient (Wildman–Crippen LogP) is 0.869. The molecule has 10 heteroatoms. The van der Waals surface area contributed by atoms with Gasteiger partial charge in [0, 0.05) is 51.8 Å². The highest BCUT2D eigenvalue weighted by atomic mass is 32.2. The molecular weight excluding hydrogens is 420 g/mol. The molecule has 1 atom stereocenters. The molecule has 170 valence electrons. The van der Waals surface area contributed by atoms with Crippen LogP contribution in [0.3, 0.4) is 0 Å². The van der Waals surface area contributed by atoms with Gasteiger partial charge >= 0.3 is 0 Å². The maximum absolute atomic E-state index is 13.1. The molecule has 0 radical (unpaired) electrons. The summed E-state index contributed by atoms with van der Waals surface area (Å²) in [6.07, 6.45) is 1.85. The van der Waals surface area contributed by atoms with Gasteiger partial charge in [0.1, 0.15) is 0 Å². The molecule has 0 unspecified atom stereocenters. The second-order valence-electron chi connectivity index (χ2n) is 8.08. The minimum Gasteiger partial charge on any atom is -0.341 e. The Morgan fingerprint density at radius 3 is 2.35 bits per heavy atom. The van der Waals surface area contributed by atoms with Crippen LogP contribution in [0.15, 0.2) is 23.1 Å². The highest BCUT2D eigenvalue weighted by Crippen LogP contribution is 2.29. The van der Waals surface area contributed by atoms with Gasteiger partial charge in [-0.05, 0) is 44.4 Å². The fourth-order valence-electron chi connectivity index (χ4n) is 4.16. The lowest BCUT2D eigenvalue weighted by molar-refractivity contribution is -0.133. The minimum absolute atomic E-state index is 0.0186. The largest absolute Gasteiger partial charge is 0.341 e. The summed E-state index contributed by atoms with van der Waals surface area (Å²) in [5.74, 6) is -0.373. The molecule has 0 saturated carbocycles. The van der Waals surface area contributed by atoms with Crippen molar-refractivity contribution in [1.82, 2.24) is 14.5 Å². The van der Waals surface area contributed by atoms with Crippen LogP contribution in [0, 0.1) is 6.92 Å². The molecule has 1 aromatic rings. The Labute approximate surface area is 183 Å². The SMILES string of the molecule is CC(=O)N1CCCN(C(=O)[C@H](C)NS(=O)(=O)c2cccc(N3CCCC3=O)c2C)CC1. The molecule has 1 N–H and O–H groups in total. The summed E-state index contributed by atoms with van der Waals surface area (Å²) in [4.78, 5) is 41.5. The van der Waals surface area contributed by atoms with Crippen molar-refractivity contribution in [2.75, 3.05) is 37.6 Å². The third-order valence-electron chi connectivity index (χ3n) is 5.86. The fraction of sp³-hybridized carbons (Fsp3) is 0.571. The average molecular weight is 451 g/mol. The van der Waals surface area contributed by atoms with Gasteiger partial charge in [-0.3, -0.25) is 14.4 Å². The van der Waals surface area contributed by atoms with Crippen LogP contribution in [0.1, 0.15) is 38.7 Å². The molecule has 31 heavy (non-hydrogen) atoms. The van der Waals surface area contributed by atoms with Crippen molar-refractivity contribution in [2.45, 2.75) is 51.0 Å². The van der Waals surface area contributed by atoms with E-state index in [-0.39, 0.29) is 22.6 Å². The third-order valence-corrected chi connectivity index (χ3v) is 7.55. The first-order valence-electron chi connectivity index (χ1n) is 10.6. The molecule has 2 heterocycles. The lowest BCUT2D eigenvalue weighted by Gasteiger charge is -2.25. The Morgan fingerprint density at radius 1 is 1.03 bits per heavy atom. The highest BCUT2D eigenvalue weighted by molar-refractivity contribution is 7.89. The maximum Gasteiger partial charge on any atom is 0.241 e. The number of carbonyl (C=O) groups excluding carboxylic acids is 3. The number of sulfonamides is 1. The molecule has 2 fully saturated rings. The number of rotatable bonds is 5. The second-order valence-corrected chi connectivity index (χ2v) is 9.76. The van der Waals surface area contributed by atoms with E-state index in [2.05, 4.69) is 4.72 Å². The zero-order valence-electron chi connectivity index (χ0n) is 18.3. The van der Waals surface area contributed by atoms with E-state index in [1.54, 1.807) is 33.8 Å². The number of amides is 3. The van der Waals surface area contributed by atoms with Crippen molar-refractivity contribution in [3.8, 4) is 0 Å². The zero-order valence-corrected chi connectivity index (χ0v) is 19.1. The number of nitrogens with one attached hydrogen (secondary N) is 1. The van der Waals surface area contributed by atoms with Crippen LogP contribution in [0.2, 0.25) is 0 Å². The second kappa shape index (κ2) is 9.35. The number of hydrogen-bond donors (Lipinski definition) is 1. The Kier molecular flexibility index (Phi) is 7.00. The molecule has 0 spiro atoms. The van der Waals surface area contributed by atoms with Gasteiger partial charge in [-0.25, -0.2) is 8.42 Å².